The predicted octanol–water partition coefficient (Wildman–Crippen LogP) is 4.92. The number of hydrogen-bond donors (Lipinski definition) is 1. The maximum atomic E-state index is 13.1. The van der Waals surface area contributed by atoms with Gasteiger partial charge in [-0.1, -0.05) is 29.3 Å². The maximum Gasteiger partial charge on any atom is 0.280 e. The zero-order chi connectivity index (χ0) is 24.4. The minimum atomic E-state index is -0.785. The molecule has 0 bridgehead atoms. The average molecular weight is 505 g/mol. The SMILES string of the molecule is O=C(Nc1c(Cl)cncc1Cl)c1nn(-c2cccc(Oc3cccnc3)c2)c2ncccc2c1=O. The van der Waals surface area contributed by atoms with E-state index >= 15 is 0 Å². The Morgan fingerprint density at radius 1 is 0.914 bits per heavy atom. The summed E-state index contributed by atoms with van der Waals surface area (Å²) in [4.78, 5) is 38.4. The number of rotatable bonds is 5. The molecule has 5 rings (SSSR count). The lowest BCUT2D eigenvalue weighted by Gasteiger charge is -2.13. The van der Waals surface area contributed by atoms with Crippen LogP contribution in [0.5, 0.6) is 11.5 Å². The monoisotopic (exact) mass is 504 g/mol. The van der Waals surface area contributed by atoms with Crippen molar-refractivity contribution < 1.29 is 9.53 Å². The summed E-state index contributed by atoms with van der Waals surface area (Å²) in [5.41, 5.74) is -0.0464. The third-order valence-electron chi connectivity index (χ3n) is 4.89. The van der Waals surface area contributed by atoms with Crippen LogP contribution >= 0.6 is 23.2 Å². The van der Waals surface area contributed by atoms with Crippen LogP contribution in [0.1, 0.15) is 10.5 Å². The second-order valence-corrected chi connectivity index (χ2v) is 8.00. The molecule has 1 N–H and O–H groups in total. The topological polar surface area (TPSA) is 112 Å². The number of amides is 1. The minimum absolute atomic E-state index is 0.119. The molecule has 0 unspecified atom stereocenters. The number of halogens is 2. The van der Waals surface area contributed by atoms with Gasteiger partial charge in [0.1, 0.15) is 11.5 Å². The van der Waals surface area contributed by atoms with E-state index in [0.29, 0.717) is 17.2 Å². The third kappa shape index (κ3) is 4.54. The Kier molecular flexibility index (Phi) is 6.09. The zero-order valence-corrected chi connectivity index (χ0v) is 19.2. The van der Waals surface area contributed by atoms with Gasteiger partial charge in [0.05, 0.1) is 33.0 Å². The van der Waals surface area contributed by atoms with Gasteiger partial charge < -0.3 is 10.1 Å². The number of carbonyl (C=O) groups excluding carboxylic acids is 1. The number of carbonyl (C=O) groups is 1. The van der Waals surface area contributed by atoms with Gasteiger partial charge in [0, 0.05) is 30.9 Å². The number of ether oxygens (including phenoxy) is 1. The van der Waals surface area contributed by atoms with Crippen molar-refractivity contribution in [3.63, 3.8) is 0 Å². The quantitative estimate of drug-likeness (QED) is 0.361. The fourth-order valence-electron chi connectivity index (χ4n) is 3.32. The molecule has 172 valence electrons. The number of hydrogen-bond acceptors (Lipinski definition) is 7. The molecule has 0 aliphatic rings. The van der Waals surface area contributed by atoms with Gasteiger partial charge in [-0.2, -0.15) is 5.10 Å². The van der Waals surface area contributed by atoms with Crippen LogP contribution < -0.4 is 15.5 Å². The number of pyridine rings is 3. The molecular weight excluding hydrogens is 491 g/mol. The first-order valence-corrected chi connectivity index (χ1v) is 10.9. The summed E-state index contributed by atoms with van der Waals surface area (Å²) in [6, 6.07) is 13.7. The van der Waals surface area contributed by atoms with Crippen LogP contribution in [0.3, 0.4) is 0 Å². The Bertz CT molecular complexity index is 1610. The lowest BCUT2D eigenvalue weighted by atomic mass is 10.2. The van der Waals surface area contributed by atoms with Crippen molar-refractivity contribution in [2.75, 3.05) is 5.32 Å². The van der Waals surface area contributed by atoms with Crippen molar-refractivity contribution in [1.82, 2.24) is 24.7 Å². The molecule has 9 nitrogen and oxygen atoms in total. The molecule has 11 heteroatoms. The first-order chi connectivity index (χ1) is 17.0. The molecule has 35 heavy (non-hydrogen) atoms. The number of benzene rings is 1. The molecule has 4 heterocycles. The normalized spacial score (nSPS) is 10.8. The summed E-state index contributed by atoms with van der Waals surface area (Å²) in [7, 11) is 0. The average Bonchev–Trinajstić information content (AvgIpc) is 2.87. The lowest BCUT2D eigenvalue weighted by molar-refractivity contribution is 0.102. The molecule has 0 atom stereocenters. The second kappa shape index (κ2) is 9.49. The molecule has 4 aromatic heterocycles. The van der Waals surface area contributed by atoms with E-state index in [2.05, 4.69) is 25.4 Å². The van der Waals surface area contributed by atoms with Crippen LogP contribution in [-0.4, -0.2) is 30.6 Å². The van der Waals surface area contributed by atoms with Crippen molar-refractivity contribution in [2.45, 2.75) is 0 Å². The molecular formula is C24H14Cl2N6O3. The Hall–Kier alpha value is -4.34. The zero-order valence-electron chi connectivity index (χ0n) is 17.7. The molecule has 0 spiro atoms. The highest BCUT2D eigenvalue weighted by Crippen LogP contribution is 2.29. The number of nitrogens with one attached hydrogen (secondary N) is 1. The molecule has 0 aliphatic heterocycles. The maximum absolute atomic E-state index is 13.1. The highest BCUT2D eigenvalue weighted by atomic mass is 35.5. The van der Waals surface area contributed by atoms with Gasteiger partial charge in [-0.15, -0.1) is 0 Å². The van der Waals surface area contributed by atoms with E-state index in [-0.39, 0.29) is 32.5 Å². The van der Waals surface area contributed by atoms with Crippen LogP contribution in [0.15, 0.2) is 84.3 Å². The molecule has 0 fully saturated rings. The fourth-order valence-corrected chi connectivity index (χ4v) is 3.78. The smallest absolute Gasteiger partial charge is 0.280 e. The molecule has 0 saturated carbocycles. The standard InChI is InChI=1S/C24H14Cl2N6O3/c25-18-12-28-13-19(26)20(18)30-24(34)21-22(33)17-7-3-9-29-23(17)32(31-21)14-4-1-5-15(10-14)35-16-6-2-8-27-11-16/h1-13H,(H,28,30,34). The van der Waals surface area contributed by atoms with E-state index in [4.69, 9.17) is 27.9 Å². The number of anilines is 1. The van der Waals surface area contributed by atoms with Gasteiger partial charge in [0.25, 0.3) is 5.91 Å². The molecule has 5 aromatic rings. The Morgan fingerprint density at radius 2 is 1.69 bits per heavy atom. The molecule has 0 saturated heterocycles. The number of fused-ring (bicyclic) bond motifs is 1. The van der Waals surface area contributed by atoms with Crippen molar-refractivity contribution in [1.29, 1.82) is 0 Å². The van der Waals surface area contributed by atoms with Gasteiger partial charge in [-0.25, -0.2) is 9.67 Å². The van der Waals surface area contributed by atoms with Crippen molar-refractivity contribution in [2.24, 2.45) is 0 Å². The fraction of sp³-hybridized carbons (Fsp3) is 0. The van der Waals surface area contributed by atoms with Gasteiger partial charge >= 0.3 is 0 Å². The summed E-state index contributed by atoms with van der Waals surface area (Å²) in [5, 5.41) is 7.33. The van der Waals surface area contributed by atoms with Crippen molar-refractivity contribution in [3.8, 4) is 17.2 Å². The van der Waals surface area contributed by atoms with Crippen LogP contribution in [0, 0.1) is 0 Å². The second-order valence-electron chi connectivity index (χ2n) is 7.18. The highest BCUT2D eigenvalue weighted by molar-refractivity contribution is 6.39. The Balaban J connectivity index is 1.60. The summed E-state index contributed by atoms with van der Waals surface area (Å²) < 4.78 is 7.26. The van der Waals surface area contributed by atoms with Gasteiger partial charge in [-0.05, 0) is 36.4 Å². The van der Waals surface area contributed by atoms with Gasteiger partial charge in [-0.3, -0.25) is 19.6 Å². The van der Waals surface area contributed by atoms with E-state index in [1.165, 1.54) is 23.3 Å². The van der Waals surface area contributed by atoms with E-state index in [9.17, 15) is 9.59 Å². The van der Waals surface area contributed by atoms with Gasteiger partial charge in [0.15, 0.2) is 11.3 Å². The number of aromatic nitrogens is 5. The Labute approximate surface area is 208 Å². The lowest BCUT2D eigenvalue weighted by Crippen LogP contribution is -2.27. The predicted molar refractivity (Wildman–Crippen MR) is 132 cm³/mol. The summed E-state index contributed by atoms with van der Waals surface area (Å²) in [5.74, 6) is 0.264. The van der Waals surface area contributed by atoms with E-state index in [1.54, 1.807) is 60.9 Å². The minimum Gasteiger partial charge on any atom is -0.456 e. The summed E-state index contributed by atoms with van der Waals surface area (Å²) >= 11 is 12.2. The van der Waals surface area contributed by atoms with Gasteiger partial charge in [0.2, 0.25) is 5.43 Å². The Morgan fingerprint density at radius 3 is 2.46 bits per heavy atom. The van der Waals surface area contributed by atoms with Crippen molar-refractivity contribution in [3.05, 3.63) is 105 Å². The van der Waals surface area contributed by atoms with Crippen LogP contribution in [0.4, 0.5) is 5.69 Å². The van der Waals surface area contributed by atoms with E-state index < -0.39 is 11.3 Å². The highest BCUT2D eigenvalue weighted by Gasteiger charge is 2.21. The largest absolute Gasteiger partial charge is 0.456 e. The van der Waals surface area contributed by atoms with E-state index in [0.717, 1.165) is 0 Å². The molecule has 0 aliphatic carbocycles. The number of nitrogens with zero attached hydrogens (tertiary/aromatic N) is 5. The first kappa shape index (κ1) is 22.5. The first-order valence-electron chi connectivity index (χ1n) is 10.2. The van der Waals surface area contributed by atoms with Crippen LogP contribution in [-0.2, 0) is 0 Å². The molecule has 0 radical (unpaired) electrons. The van der Waals surface area contributed by atoms with Crippen LogP contribution in [0.2, 0.25) is 10.0 Å². The molecule has 1 aromatic carbocycles. The summed E-state index contributed by atoms with van der Waals surface area (Å²) in [6.45, 7) is 0. The molecule has 1 amide bonds. The summed E-state index contributed by atoms with van der Waals surface area (Å²) in [6.07, 6.45) is 7.41. The van der Waals surface area contributed by atoms with E-state index in [1.807, 2.05) is 0 Å². The van der Waals surface area contributed by atoms with Crippen molar-refractivity contribution >= 4 is 45.8 Å². The third-order valence-corrected chi connectivity index (χ3v) is 5.46. The van der Waals surface area contributed by atoms with Crippen LogP contribution in [0.25, 0.3) is 16.7 Å².